The molecule has 15 heavy (non-hydrogen) atoms. The van der Waals surface area contributed by atoms with Crippen molar-refractivity contribution in [2.45, 2.75) is 26.4 Å². The molecule has 0 unspecified atom stereocenters. The molecule has 1 rings (SSSR count). The lowest BCUT2D eigenvalue weighted by atomic mass is 10.0. The predicted molar refractivity (Wildman–Crippen MR) is 57.9 cm³/mol. The van der Waals surface area contributed by atoms with Gasteiger partial charge in [-0.1, -0.05) is 12.1 Å². The molecular weight excluding hydrogens is 192 g/mol. The Hall–Kier alpha value is -1.35. The van der Waals surface area contributed by atoms with Crippen molar-refractivity contribution in [3.8, 4) is 5.75 Å². The number of benzene rings is 1. The molecule has 1 N–H and O–H groups in total. The van der Waals surface area contributed by atoms with Gasteiger partial charge >= 0.3 is 0 Å². The maximum atomic E-state index is 10.9. The molecule has 0 radical (unpaired) electrons. The highest BCUT2D eigenvalue weighted by Crippen LogP contribution is 2.23. The van der Waals surface area contributed by atoms with Crippen molar-refractivity contribution in [1.82, 2.24) is 0 Å². The van der Waals surface area contributed by atoms with E-state index < -0.39 is 0 Å². The first-order chi connectivity index (χ1) is 7.19. The summed E-state index contributed by atoms with van der Waals surface area (Å²) in [5.74, 6) is 0.834. The molecule has 0 spiro atoms. The SMILES string of the molecule is COc1cccc(CCC(C)=O)c1CO. The monoisotopic (exact) mass is 208 g/mol. The molecule has 0 bridgehead atoms. The molecule has 3 heteroatoms. The van der Waals surface area contributed by atoms with Crippen LogP contribution in [0.25, 0.3) is 0 Å². The van der Waals surface area contributed by atoms with Crippen LogP contribution in [0.15, 0.2) is 18.2 Å². The molecule has 0 aliphatic heterocycles. The number of hydrogen-bond donors (Lipinski definition) is 1. The number of carbonyl (C=O) groups is 1. The number of methoxy groups -OCH3 is 1. The highest BCUT2D eigenvalue weighted by atomic mass is 16.5. The molecule has 0 heterocycles. The van der Waals surface area contributed by atoms with Gasteiger partial charge in [0.1, 0.15) is 11.5 Å². The zero-order valence-electron chi connectivity index (χ0n) is 9.12. The number of hydrogen-bond acceptors (Lipinski definition) is 3. The van der Waals surface area contributed by atoms with Crippen LogP contribution in [-0.4, -0.2) is 18.0 Å². The van der Waals surface area contributed by atoms with E-state index >= 15 is 0 Å². The number of aliphatic hydroxyl groups is 1. The van der Waals surface area contributed by atoms with E-state index in [2.05, 4.69) is 0 Å². The van der Waals surface area contributed by atoms with Crippen molar-refractivity contribution >= 4 is 5.78 Å². The van der Waals surface area contributed by atoms with Gasteiger partial charge in [0.2, 0.25) is 0 Å². The number of Topliss-reactive ketones (excluding diaryl/α,β-unsaturated/α-hetero) is 1. The van der Waals surface area contributed by atoms with Gasteiger partial charge in [-0.2, -0.15) is 0 Å². The lowest BCUT2D eigenvalue weighted by Crippen LogP contribution is -2.01. The van der Waals surface area contributed by atoms with E-state index in [1.807, 2.05) is 18.2 Å². The van der Waals surface area contributed by atoms with Crippen LogP contribution >= 0.6 is 0 Å². The van der Waals surface area contributed by atoms with Crippen LogP contribution in [0.5, 0.6) is 5.75 Å². The molecule has 0 saturated heterocycles. The topological polar surface area (TPSA) is 46.5 Å². The third kappa shape index (κ3) is 3.06. The molecule has 3 nitrogen and oxygen atoms in total. The summed E-state index contributed by atoms with van der Waals surface area (Å²) in [5.41, 5.74) is 1.76. The van der Waals surface area contributed by atoms with Crippen LogP contribution in [0.2, 0.25) is 0 Å². The molecule has 0 amide bonds. The maximum Gasteiger partial charge on any atom is 0.130 e. The molecular formula is C12H16O3. The van der Waals surface area contributed by atoms with E-state index in [0.29, 0.717) is 18.6 Å². The summed E-state index contributed by atoms with van der Waals surface area (Å²) in [6.07, 6.45) is 1.16. The Morgan fingerprint density at radius 3 is 2.73 bits per heavy atom. The lowest BCUT2D eigenvalue weighted by molar-refractivity contribution is -0.116. The van der Waals surface area contributed by atoms with E-state index in [1.165, 1.54) is 0 Å². The third-order valence-corrected chi connectivity index (χ3v) is 2.35. The van der Waals surface area contributed by atoms with Crippen LogP contribution in [0.4, 0.5) is 0 Å². The van der Waals surface area contributed by atoms with Gasteiger partial charge in [0, 0.05) is 12.0 Å². The van der Waals surface area contributed by atoms with Gasteiger partial charge in [-0.25, -0.2) is 0 Å². The number of ketones is 1. The Kier molecular flexibility index (Phi) is 4.31. The van der Waals surface area contributed by atoms with Crippen LogP contribution in [0, 0.1) is 0 Å². The van der Waals surface area contributed by atoms with Gasteiger partial charge < -0.3 is 14.6 Å². The predicted octanol–water partition coefficient (Wildman–Crippen LogP) is 1.71. The molecule has 0 fully saturated rings. The number of aliphatic hydroxyl groups excluding tert-OH is 1. The molecule has 1 aromatic carbocycles. The van der Waals surface area contributed by atoms with E-state index in [-0.39, 0.29) is 12.4 Å². The van der Waals surface area contributed by atoms with Crippen molar-refractivity contribution in [1.29, 1.82) is 0 Å². The zero-order chi connectivity index (χ0) is 11.3. The summed E-state index contributed by atoms with van der Waals surface area (Å²) >= 11 is 0. The van der Waals surface area contributed by atoms with Gasteiger partial charge in [0.05, 0.1) is 13.7 Å². The largest absolute Gasteiger partial charge is 0.496 e. The van der Waals surface area contributed by atoms with Crippen LogP contribution in [0.3, 0.4) is 0 Å². The number of aryl methyl sites for hydroxylation is 1. The van der Waals surface area contributed by atoms with E-state index in [0.717, 1.165) is 11.1 Å². The Labute approximate surface area is 89.7 Å². The van der Waals surface area contributed by atoms with E-state index in [1.54, 1.807) is 14.0 Å². The Balaban J connectivity index is 2.90. The van der Waals surface area contributed by atoms with Gasteiger partial charge in [0.25, 0.3) is 0 Å². The Morgan fingerprint density at radius 2 is 2.20 bits per heavy atom. The summed E-state index contributed by atoms with van der Waals surface area (Å²) < 4.78 is 5.14. The van der Waals surface area contributed by atoms with Crippen molar-refractivity contribution in [3.63, 3.8) is 0 Å². The zero-order valence-corrected chi connectivity index (χ0v) is 9.12. The first kappa shape index (κ1) is 11.7. The second kappa shape index (κ2) is 5.51. The molecule has 0 saturated carbocycles. The van der Waals surface area contributed by atoms with E-state index in [9.17, 15) is 9.90 Å². The summed E-state index contributed by atoms with van der Waals surface area (Å²) in [6, 6.07) is 5.59. The second-order valence-electron chi connectivity index (χ2n) is 3.46. The average Bonchev–Trinajstić information content (AvgIpc) is 2.25. The summed E-state index contributed by atoms with van der Waals surface area (Å²) in [4.78, 5) is 10.9. The van der Waals surface area contributed by atoms with Crippen LogP contribution in [0.1, 0.15) is 24.5 Å². The highest BCUT2D eigenvalue weighted by Gasteiger charge is 2.08. The fourth-order valence-corrected chi connectivity index (χ4v) is 1.53. The standard InChI is InChI=1S/C12H16O3/c1-9(14)6-7-10-4-3-5-12(15-2)11(10)8-13/h3-5,13H,6-8H2,1-2H3. The van der Waals surface area contributed by atoms with Gasteiger partial charge in [-0.05, 0) is 25.0 Å². The summed E-state index contributed by atoms with van der Waals surface area (Å²) in [6.45, 7) is 1.51. The highest BCUT2D eigenvalue weighted by molar-refractivity contribution is 5.75. The first-order valence-corrected chi connectivity index (χ1v) is 4.94. The lowest BCUT2D eigenvalue weighted by Gasteiger charge is -2.11. The minimum Gasteiger partial charge on any atom is -0.496 e. The minimum absolute atomic E-state index is 0.0583. The van der Waals surface area contributed by atoms with Crippen LogP contribution < -0.4 is 4.74 Å². The average molecular weight is 208 g/mol. The van der Waals surface area contributed by atoms with Crippen molar-refractivity contribution in [2.75, 3.05) is 7.11 Å². The summed E-state index contributed by atoms with van der Waals surface area (Å²) in [7, 11) is 1.57. The van der Waals surface area contributed by atoms with Gasteiger partial charge in [0.15, 0.2) is 0 Å². The first-order valence-electron chi connectivity index (χ1n) is 4.94. The molecule has 0 atom stereocenters. The van der Waals surface area contributed by atoms with Crippen molar-refractivity contribution < 1.29 is 14.6 Å². The summed E-state index contributed by atoms with van der Waals surface area (Å²) in [5, 5.41) is 9.23. The van der Waals surface area contributed by atoms with Crippen molar-refractivity contribution in [2.24, 2.45) is 0 Å². The molecule has 1 aromatic rings. The normalized spacial score (nSPS) is 10.1. The number of carbonyl (C=O) groups excluding carboxylic acids is 1. The molecule has 0 aliphatic carbocycles. The van der Waals surface area contributed by atoms with Crippen LogP contribution in [-0.2, 0) is 17.8 Å². The second-order valence-corrected chi connectivity index (χ2v) is 3.46. The third-order valence-electron chi connectivity index (χ3n) is 2.35. The van der Waals surface area contributed by atoms with Crippen molar-refractivity contribution in [3.05, 3.63) is 29.3 Å². The molecule has 0 aliphatic rings. The Morgan fingerprint density at radius 1 is 1.47 bits per heavy atom. The maximum absolute atomic E-state index is 10.9. The fourth-order valence-electron chi connectivity index (χ4n) is 1.53. The minimum atomic E-state index is -0.0583. The quantitative estimate of drug-likeness (QED) is 0.801. The molecule has 82 valence electrons. The Bertz CT molecular complexity index is 345. The number of ether oxygens (including phenoxy) is 1. The van der Waals surface area contributed by atoms with Gasteiger partial charge in [-0.3, -0.25) is 0 Å². The molecule has 0 aromatic heterocycles. The fraction of sp³-hybridized carbons (Fsp3) is 0.417. The number of rotatable bonds is 5. The van der Waals surface area contributed by atoms with E-state index in [4.69, 9.17) is 4.74 Å². The smallest absolute Gasteiger partial charge is 0.130 e. The van der Waals surface area contributed by atoms with Gasteiger partial charge in [-0.15, -0.1) is 0 Å².